The molecular weight excluding hydrogens is 1620 g/mol. The van der Waals surface area contributed by atoms with Crippen molar-refractivity contribution in [3.8, 4) is 6.07 Å². The number of carbonyl (C=O) groups excluding carboxylic acids is 5. The molecule has 1 spiro atoms. The van der Waals surface area contributed by atoms with Crippen LogP contribution in [-0.2, 0) is 86.2 Å². The molecule has 1 aliphatic carbocycles. The second-order valence-electron chi connectivity index (χ2n) is 26.5. The molecule has 0 radical (unpaired) electrons. The number of methoxy groups -OCH3 is 4. The minimum absolute atomic E-state index is 0. The van der Waals surface area contributed by atoms with Crippen LogP contribution < -0.4 is 41.6 Å². The molecule has 8 aliphatic heterocycles. The van der Waals surface area contributed by atoms with Gasteiger partial charge in [-0.15, -0.1) is 22.1 Å². The van der Waals surface area contributed by atoms with E-state index in [4.69, 9.17) is 55.0 Å². The van der Waals surface area contributed by atoms with Crippen molar-refractivity contribution in [2.75, 3.05) is 28.4 Å². The van der Waals surface area contributed by atoms with Gasteiger partial charge in [-0.05, 0) is 155 Å². The van der Waals surface area contributed by atoms with Crippen LogP contribution in [0.1, 0.15) is 365 Å². The maximum atomic E-state index is 13.1. The van der Waals surface area contributed by atoms with Crippen LogP contribution in [0.5, 0.6) is 0 Å². The fraction of sp³-hybridized carbons (Fsp3) is 0.481. The van der Waals surface area contributed by atoms with Crippen molar-refractivity contribution in [3.63, 3.8) is 0 Å². The number of allylic oxidation sites excluding steroid dienone is 6. The first-order valence-corrected chi connectivity index (χ1v) is 33.9. The third-order valence-electron chi connectivity index (χ3n) is 21.9. The molecule has 0 saturated heterocycles. The number of aryl methyl sites for hydroxylation is 4. The second-order valence-corrected chi connectivity index (χ2v) is 26.5. The Kier molecular flexibility index (Phi) is 58.5. The maximum absolute atomic E-state index is 13.1. The summed E-state index contributed by atoms with van der Waals surface area (Å²) in [6.07, 6.45) is 15.1. The molecule has 0 fully saturated rings. The van der Waals surface area contributed by atoms with E-state index in [0.717, 1.165) is 151 Å². The Morgan fingerprint density at radius 3 is 1.52 bits per heavy atom. The van der Waals surface area contributed by atoms with E-state index < -0.39 is 11.8 Å². The SMILES string of the molecule is C.C.C.C.C.C.C.C.C.C.C.C.C.C.C.C.C.C.C.C.C.C.C.C.C.CCC1=C(C)C2=[N+]3C1=c1cc(C(N)=O)c4nccc5c4c1=[N+]1C5=Cc4c(C)c(CCC(=O)OC)c5n4[C@@]31n1c(c(C)c(CCC(=O)OC)c1=C5)=C2.CCC1=C2C(=N)C(C#N)=Cc3c2nc1cc1[n-]c(cc2nc(cc4[n-]c3c(CC)c4C)C(C)=C2CCC(=O)OC)c(CCC(=O)OC)c1C.[Ni+2]. The average Bonchev–Trinajstić information content (AvgIpc) is 1.45. The number of rotatable bonds is 16. The standard InChI is InChI=1S/C40H35N6O5.C39H38N6O4.25CH4.Ni/c1-7-21-18(2)29-15-27-19(3)22(8-10-33(47)50-5)30-17-31-23(9-11-34(48)51-6)20(4)28-16-32-24-12-13-42-36-25(39(41)49)14-26-37(21)45(29)40(43(27)30,44(28)31)46(32)38(26)35(24)36;1-8-23-19(3)30-15-28-20(4)25(10-12-34(46)48-6)32(42-28)17-33-26(11-13-35(47)49-7)21(5)29(43-33)16-31-24(9-2)36-37(41)22(18-40)14-27(38(23)44-30)39(36)45-31;;;;;;;;;;;;;;;;;;;;;;;;;;/h12-17H,7-11H2,1-6H3,(H-,41,49);14-17H,8-13H2,1-7H3,(H-2,41,42,43,44,45);25*1H4;/q+1;-2;;;;;;;;;;;;;;;;;;;;;;;;;;+2/p+1/t40-;;;;;;;;;;;;;;;;;;;;;;;;;;;/m0.........................../s1. The largest absolute Gasteiger partial charge is 2.00 e. The van der Waals surface area contributed by atoms with Gasteiger partial charge in [0.25, 0.3) is 5.91 Å². The van der Waals surface area contributed by atoms with Gasteiger partial charge >= 0.3 is 46.3 Å². The number of amides is 1. The van der Waals surface area contributed by atoms with E-state index in [1.54, 1.807) is 12.3 Å². The molecular formula is C104H174N12NiO9+2. The number of nitrogens with zero attached hydrogens (tertiary/aromatic N) is 10. The molecule has 14 heterocycles. The Labute approximate surface area is 775 Å². The number of benzene rings is 1. The summed E-state index contributed by atoms with van der Waals surface area (Å²) in [5.41, 5.74) is 33.9. The molecule has 22 heteroatoms. The number of ether oxygens (including phenoxy) is 4. The van der Waals surface area contributed by atoms with E-state index in [-0.39, 0.29) is 263 Å². The van der Waals surface area contributed by atoms with E-state index >= 15 is 0 Å². The fourth-order valence-corrected chi connectivity index (χ4v) is 16.9. The molecule has 9 aliphatic rings. The molecule has 1 atom stereocenters. The van der Waals surface area contributed by atoms with Gasteiger partial charge in [-0.1, -0.05) is 256 Å². The third kappa shape index (κ3) is 19.9. The summed E-state index contributed by atoms with van der Waals surface area (Å²) in [7, 11) is 5.61. The smallest absolute Gasteiger partial charge is 0.657 e. The maximum Gasteiger partial charge on any atom is 2.00 e. The minimum atomic E-state index is -0.985. The van der Waals surface area contributed by atoms with Crippen molar-refractivity contribution in [2.24, 2.45) is 5.73 Å². The van der Waals surface area contributed by atoms with Gasteiger partial charge in [0, 0.05) is 60.8 Å². The first kappa shape index (κ1) is 141. The fourth-order valence-electron chi connectivity index (χ4n) is 16.9. The Hall–Kier alpha value is -10.9. The molecule has 21 nitrogen and oxygen atoms in total. The van der Waals surface area contributed by atoms with Gasteiger partial charge in [-0.3, -0.25) is 34.4 Å². The van der Waals surface area contributed by atoms with Crippen molar-refractivity contribution in [1.82, 2.24) is 38.6 Å². The number of nitrogens with two attached hydrogens (primary N) is 1. The Bertz CT molecular complexity index is 5850. The molecule has 712 valence electrons. The van der Waals surface area contributed by atoms with Crippen LogP contribution in [0.2, 0.25) is 0 Å². The number of pyridine rings is 1. The molecule has 0 saturated carbocycles. The van der Waals surface area contributed by atoms with Crippen molar-refractivity contribution < 1.29 is 64.0 Å². The van der Waals surface area contributed by atoms with Crippen molar-refractivity contribution in [1.29, 1.82) is 10.7 Å². The molecule has 0 unspecified atom stereocenters. The summed E-state index contributed by atoms with van der Waals surface area (Å²) in [6.45, 7) is 18.8. The number of hydrogen-bond donors (Lipinski definition) is 2. The molecule has 1 aromatic carbocycles. The van der Waals surface area contributed by atoms with E-state index in [9.17, 15) is 29.2 Å². The molecule has 16 rings (SSSR count). The van der Waals surface area contributed by atoms with Gasteiger partial charge in [0.2, 0.25) is 22.5 Å². The second kappa shape index (κ2) is 52.3. The summed E-state index contributed by atoms with van der Waals surface area (Å²) < 4.78 is 29.9. The zero-order chi connectivity index (χ0) is 70.6. The molecule has 8 bridgehead atoms. The number of aromatic nitrogens is 7. The van der Waals surface area contributed by atoms with Crippen molar-refractivity contribution >= 4 is 132 Å². The zero-order valence-corrected chi connectivity index (χ0v) is 59.6. The van der Waals surface area contributed by atoms with Gasteiger partial charge < -0.3 is 34.6 Å². The molecule has 7 aromatic rings. The van der Waals surface area contributed by atoms with Crippen LogP contribution in [-0.4, -0.2) is 98.3 Å². The van der Waals surface area contributed by atoms with Gasteiger partial charge in [0.05, 0.1) is 107 Å². The quantitative estimate of drug-likeness (QED) is 0.0394. The number of esters is 4. The normalized spacial score (nSPS) is 13.1. The van der Waals surface area contributed by atoms with Gasteiger partial charge in [-0.25, -0.2) is 9.97 Å². The molecule has 6 aromatic heterocycles. The predicted molar refractivity (Wildman–Crippen MR) is 549 cm³/mol. The van der Waals surface area contributed by atoms with Crippen LogP contribution in [0.4, 0.5) is 0 Å². The monoisotopic (exact) mass is 1790 g/mol. The number of fused-ring (bicyclic) bond motifs is 9. The summed E-state index contributed by atoms with van der Waals surface area (Å²) in [6, 6.07) is 12.1. The average molecular weight is 1800 g/mol. The predicted octanol–water partition coefficient (Wildman–Crippen LogP) is 24.1. The van der Waals surface area contributed by atoms with Crippen LogP contribution in [0.15, 0.2) is 53.2 Å². The van der Waals surface area contributed by atoms with E-state index in [2.05, 4.69) is 77.2 Å². The summed E-state index contributed by atoms with van der Waals surface area (Å²) in [4.78, 5) is 88.0. The molecule has 1 amide bonds. The van der Waals surface area contributed by atoms with Gasteiger partial charge in [0.1, 0.15) is 11.3 Å². The van der Waals surface area contributed by atoms with E-state index in [0.29, 0.717) is 83.3 Å². The van der Waals surface area contributed by atoms with Crippen molar-refractivity contribution in [2.45, 2.75) is 325 Å². The number of primary amides is 1. The minimum Gasteiger partial charge on any atom is -0.657 e. The Morgan fingerprint density at radius 2 is 1.01 bits per heavy atom. The van der Waals surface area contributed by atoms with Crippen molar-refractivity contribution in [3.05, 3.63) is 170 Å². The summed E-state index contributed by atoms with van der Waals surface area (Å²) in [5.74, 6) is -2.65. The number of carbonyl (C=O) groups is 5. The Balaban J connectivity index is -0.000000171. The third-order valence-corrected chi connectivity index (χ3v) is 21.9. The number of nitrogens with one attached hydrogen (secondary N) is 1. The van der Waals surface area contributed by atoms with Gasteiger partial charge in [-0.2, -0.15) is 14.4 Å². The number of hydrogen-bond acceptors (Lipinski definition) is 14. The van der Waals surface area contributed by atoms with Crippen LogP contribution in [0, 0.1) is 44.4 Å². The summed E-state index contributed by atoms with van der Waals surface area (Å²) in [5, 5.41) is 24.1. The van der Waals surface area contributed by atoms with Gasteiger partial charge in [0.15, 0.2) is 0 Å². The molecule has 3 N–H and O–H groups in total. The Morgan fingerprint density at radius 1 is 0.516 bits per heavy atom. The van der Waals surface area contributed by atoms with Crippen LogP contribution >= 0.6 is 0 Å². The van der Waals surface area contributed by atoms with E-state index in [1.165, 1.54) is 39.6 Å². The molecule has 126 heavy (non-hydrogen) atoms. The van der Waals surface area contributed by atoms with Crippen LogP contribution in [0.3, 0.4) is 0 Å². The first-order valence-electron chi connectivity index (χ1n) is 33.9. The van der Waals surface area contributed by atoms with Crippen LogP contribution in [0.25, 0.3) is 91.0 Å². The summed E-state index contributed by atoms with van der Waals surface area (Å²) >= 11 is 0. The number of nitriles is 1. The zero-order valence-electron chi connectivity index (χ0n) is 58.6. The van der Waals surface area contributed by atoms with E-state index in [1.807, 2.05) is 58.0 Å². The first-order chi connectivity index (χ1) is 48.1. The topological polar surface area (TPSA) is 279 Å².